The van der Waals surface area contributed by atoms with Gasteiger partial charge in [0.1, 0.15) is 5.75 Å². The highest BCUT2D eigenvalue weighted by Gasteiger charge is 2.14. The molecule has 0 fully saturated rings. The van der Waals surface area contributed by atoms with Gasteiger partial charge in [-0.3, -0.25) is 0 Å². The molecule has 3 N–H and O–H groups in total. The normalized spacial score (nSPS) is 10.7. The van der Waals surface area contributed by atoms with Crippen LogP contribution in [0, 0.1) is 0 Å². The van der Waals surface area contributed by atoms with Gasteiger partial charge in [-0.1, -0.05) is 12.2 Å². The summed E-state index contributed by atoms with van der Waals surface area (Å²) in [6.07, 6.45) is 3.91. The molecule has 0 radical (unpaired) electrons. The van der Waals surface area contributed by atoms with Crippen LogP contribution in [0.5, 0.6) is 34.5 Å². The lowest BCUT2D eigenvalue weighted by Gasteiger charge is -2.15. The average Bonchev–Trinajstić information content (AvgIpc) is 2.89. The molecule has 0 aliphatic carbocycles. The molecule has 3 aromatic rings. The molecule has 0 spiro atoms. The van der Waals surface area contributed by atoms with E-state index in [1.54, 1.807) is 42.7 Å². The maximum Gasteiger partial charge on any atom is 0.203 e. The highest BCUT2D eigenvalue weighted by Crippen LogP contribution is 2.41. The van der Waals surface area contributed by atoms with E-state index in [2.05, 4.69) is 4.72 Å². The first-order valence-electron chi connectivity index (χ1n) is 10.6. The van der Waals surface area contributed by atoms with E-state index in [1.165, 1.54) is 11.9 Å². The molecule has 186 valence electrons. The first kappa shape index (κ1) is 25.8. The fourth-order valence-corrected chi connectivity index (χ4v) is 4.14. The lowest BCUT2D eigenvalue weighted by Crippen LogP contribution is -1.98. The van der Waals surface area contributed by atoms with Gasteiger partial charge in [0.15, 0.2) is 23.0 Å². The van der Waals surface area contributed by atoms with E-state index in [4.69, 9.17) is 34.2 Å². The largest absolute Gasteiger partial charge is 0.495 e. The van der Waals surface area contributed by atoms with Crippen LogP contribution in [-0.4, -0.2) is 42.7 Å². The fraction of sp³-hybridized carbons (Fsp3) is 0.231. The SMILES string of the molecule is COc1ccc(SNc2cc(/C=C\c3cc(OC)c(OC)c(OC)c3)cc(OC)c2OC)cc1N. The van der Waals surface area contributed by atoms with Crippen molar-refractivity contribution in [1.29, 1.82) is 0 Å². The molecule has 0 unspecified atom stereocenters. The Morgan fingerprint density at radius 2 is 1.14 bits per heavy atom. The minimum Gasteiger partial charge on any atom is -0.495 e. The molecule has 0 saturated heterocycles. The number of nitrogen functional groups attached to an aromatic ring is 1. The number of ether oxygens (including phenoxy) is 6. The van der Waals surface area contributed by atoms with Crippen molar-refractivity contribution in [2.24, 2.45) is 0 Å². The minimum absolute atomic E-state index is 0.543. The summed E-state index contributed by atoms with van der Waals surface area (Å²) in [4.78, 5) is 0.919. The van der Waals surface area contributed by atoms with Gasteiger partial charge in [-0.05, 0) is 65.5 Å². The van der Waals surface area contributed by atoms with Gasteiger partial charge in [0.25, 0.3) is 0 Å². The van der Waals surface area contributed by atoms with Crippen LogP contribution in [-0.2, 0) is 0 Å². The molecule has 0 atom stereocenters. The number of nitrogens with one attached hydrogen (secondary N) is 1. The summed E-state index contributed by atoms with van der Waals surface area (Å²) in [7, 11) is 9.55. The van der Waals surface area contributed by atoms with Crippen molar-refractivity contribution in [2.75, 3.05) is 53.1 Å². The zero-order valence-electron chi connectivity index (χ0n) is 20.6. The number of nitrogens with two attached hydrogens (primary N) is 1. The smallest absolute Gasteiger partial charge is 0.203 e. The highest BCUT2D eigenvalue weighted by molar-refractivity contribution is 8.00. The van der Waals surface area contributed by atoms with E-state index in [0.717, 1.165) is 21.7 Å². The van der Waals surface area contributed by atoms with Crippen LogP contribution in [0.15, 0.2) is 47.4 Å². The average molecular weight is 499 g/mol. The van der Waals surface area contributed by atoms with Crippen molar-refractivity contribution in [2.45, 2.75) is 4.90 Å². The predicted octanol–water partition coefficient (Wildman–Crippen LogP) is 5.61. The van der Waals surface area contributed by atoms with E-state index < -0.39 is 0 Å². The molecule has 9 heteroatoms. The first-order valence-corrected chi connectivity index (χ1v) is 11.4. The van der Waals surface area contributed by atoms with Crippen LogP contribution in [0.4, 0.5) is 11.4 Å². The molecule has 0 aliphatic heterocycles. The molecular formula is C26H30N2O6S. The molecule has 3 aromatic carbocycles. The fourth-order valence-electron chi connectivity index (χ4n) is 3.44. The number of anilines is 2. The van der Waals surface area contributed by atoms with Gasteiger partial charge in [-0.25, -0.2) is 0 Å². The Hall–Kier alpha value is -3.85. The maximum atomic E-state index is 6.04. The third-order valence-electron chi connectivity index (χ3n) is 5.14. The van der Waals surface area contributed by atoms with Gasteiger partial charge in [-0.15, -0.1) is 0 Å². The Labute approximate surface area is 210 Å². The third-order valence-corrected chi connectivity index (χ3v) is 5.95. The van der Waals surface area contributed by atoms with E-state index >= 15 is 0 Å². The summed E-state index contributed by atoms with van der Waals surface area (Å²) < 4.78 is 36.0. The van der Waals surface area contributed by atoms with Crippen molar-refractivity contribution in [1.82, 2.24) is 0 Å². The molecule has 0 aliphatic rings. The van der Waals surface area contributed by atoms with Gasteiger partial charge >= 0.3 is 0 Å². The molecule has 0 amide bonds. The summed E-state index contributed by atoms with van der Waals surface area (Å²) in [5.74, 6) is 3.52. The summed E-state index contributed by atoms with van der Waals surface area (Å²) in [6.45, 7) is 0. The second kappa shape index (κ2) is 12.0. The molecular weight excluding hydrogens is 468 g/mol. The van der Waals surface area contributed by atoms with Crippen LogP contribution in [0.3, 0.4) is 0 Å². The van der Waals surface area contributed by atoms with Crippen LogP contribution >= 0.6 is 11.9 Å². The summed E-state index contributed by atoms with van der Waals surface area (Å²) in [5, 5.41) is 0. The number of benzene rings is 3. The monoisotopic (exact) mass is 498 g/mol. The molecule has 3 rings (SSSR count). The summed E-state index contributed by atoms with van der Waals surface area (Å²) >= 11 is 1.40. The Kier molecular flexibility index (Phi) is 8.86. The quantitative estimate of drug-likeness (QED) is 0.199. The van der Waals surface area contributed by atoms with Gasteiger partial charge < -0.3 is 38.9 Å². The van der Waals surface area contributed by atoms with Gasteiger partial charge in [0.2, 0.25) is 5.75 Å². The number of methoxy groups -OCH3 is 6. The third kappa shape index (κ3) is 5.99. The Morgan fingerprint density at radius 3 is 1.63 bits per heavy atom. The van der Waals surface area contributed by atoms with Crippen LogP contribution in [0.1, 0.15) is 11.1 Å². The van der Waals surface area contributed by atoms with Gasteiger partial charge in [0, 0.05) is 4.90 Å². The number of hydrogen-bond donors (Lipinski definition) is 2. The number of hydrogen-bond acceptors (Lipinski definition) is 9. The van der Waals surface area contributed by atoms with Crippen molar-refractivity contribution in [3.8, 4) is 34.5 Å². The number of rotatable bonds is 11. The second-order valence-corrected chi connectivity index (χ2v) is 8.08. The molecule has 0 heterocycles. The van der Waals surface area contributed by atoms with Crippen LogP contribution in [0.25, 0.3) is 12.2 Å². The molecule has 0 bridgehead atoms. The van der Waals surface area contributed by atoms with E-state index in [9.17, 15) is 0 Å². The Morgan fingerprint density at radius 1 is 0.629 bits per heavy atom. The highest BCUT2D eigenvalue weighted by atomic mass is 32.2. The lowest BCUT2D eigenvalue weighted by molar-refractivity contribution is 0.324. The maximum absolute atomic E-state index is 6.04. The Bertz CT molecular complexity index is 1170. The van der Waals surface area contributed by atoms with Crippen LogP contribution < -0.4 is 38.9 Å². The van der Waals surface area contributed by atoms with Crippen molar-refractivity contribution in [3.63, 3.8) is 0 Å². The molecule has 8 nitrogen and oxygen atoms in total. The zero-order valence-corrected chi connectivity index (χ0v) is 21.4. The topological polar surface area (TPSA) is 93.4 Å². The van der Waals surface area contributed by atoms with Gasteiger partial charge in [0.05, 0.1) is 54.0 Å². The van der Waals surface area contributed by atoms with Crippen molar-refractivity contribution >= 4 is 35.5 Å². The Balaban J connectivity index is 1.91. The lowest BCUT2D eigenvalue weighted by atomic mass is 10.1. The molecule has 35 heavy (non-hydrogen) atoms. The van der Waals surface area contributed by atoms with E-state index in [-0.39, 0.29) is 0 Å². The van der Waals surface area contributed by atoms with Gasteiger partial charge in [-0.2, -0.15) is 0 Å². The molecule has 0 aromatic heterocycles. The van der Waals surface area contributed by atoms with Crippen molar-refractivity contribution < 1.29 is 28.4 Å². The summed E-state index contributed by atoms with van der Waals surface area (Å²) in [5.41, 5.74) is 9.12. The predicted molar refractivity (Wildman–Crippen MR) is 141 cm³/mol. The van der Waals surface area contributed by atoms with Crippen molar-refractivity contribution in [3.05, 3.63) is 53.6 Å². The zero-order chi connectivity index (χ0) is 25.4. The van der Waals surface area contributed by atoms with E-state index in [1.807, 2.05) is 54.6 Å². The molecule has 0 saturated carbocycles. The second-order valence-electron chi connectivity index (χ2n) is 7.20. The first-order chi connectivity index (χ1) is 17.0. The van der Waals surface area contributed by atoms with E-state index in [0.29, 0.717) is 40.2 Å². The standard InChI is InChI=1S/C26H30N2O6S/c1-29-21-10-9-18(15-19(21)27)35-28-20-11-16(12-22(30-2)25(20)33-5)7-8-17-13-23(31-3)26(34-6)24(14-17)32-4/h7-15,28H,27H2,1-6H3/b8-7-. The summed E-state index contributed by atoms with van der Waals surface area (Å²) in [6, 6.07) is 13.2. The minimum atomic E-state index is 0.543. The van der Waals surface area contributed by atoms with Crippen LogP contribution in [0.2, 0.25) is 0 Å².